The molecule has 0 amide bonds. The first-order chi connectivity index (χ1) is 9.99. The number of thiazole rings is 1. The normalized spacial score (nSPS) is 15.1. The first kappa shape index (κ1) is 15.0. The fourth-order valence-electron chi connectivity index (χ4n) is 1.95. The number of halogens is 1. The molecule has 0 saturated heterocycles. The van der Waals surface area contributed by atoms with Crippen molar-refractivity contribution in [3.05, 3.63) is 39.3 Å². The van der Waals surface area contributed by atoms with Crippen molar-refractivity contribution in [1.29, 1.82) is 0 Å². The van der Waals surface area contributed by atoms with E-state index in [2.05, 4.69) is 25.6 Å². The van der Waals surface area contributed by atoms with Gasteiger partial charge in [-0.3, -0.25) is 4.72 Å². The van der Waals surface area contributed by atoms with E-state index >= 15 is 0 Å². The summed E-state index contributed by atoms with van der Waals surface area (Å²) in [7, 11) is -3.67. The summed E-state index contributed by atoms with van der Waals surface area (Å²) in [6.07, 6.45) is 2.28. The highest BCUT2D eigenvalue weighted by molar-refractivity contribution is 9.10. The van der Waals surface area contributed by atoms with Crippen LogP contribution in [0.4, 0.5) is 5.13 Å². The minimum absolute atomic E-state index is 0.175. The van der Waals surface area contributed by atoms with Crippen LogP contribution in [-0.2, 0) is 16.6 Å². The Bertz CT molecular complexity index is 769. The largest absolute Gasteiger partial charge is 0.326 e. The van der Waals surface area contributed by atoms with E-state index in [-0.39, 0.29) is 4.90 Å². The lowest BCUT2D eigenvalue weighted by molar-refractivity contribution is 0.600. The van der Waals surface area contributed by atoms with E-state index in [9.17, 15) is 8.42 Å². The van der Waals surface area contributed by atoms with Crippen molar-refractivity contribution >= 4 is 42.4 Å². The van der Waals surface area contributed by atoms with Crippen LogP contribution >= 0.6 is 27.3 Å². The molecule has 0 atom stereocenters. The third-order valence-corrected chi connectivity index (χ3v) is 6.50. The fourth-order valence-corrected chi connectivity index (χ4v) is 5.01. The van der Waals surface area contributed by atoms with Crippen molar-refractivity contribution in [2.75, 3.05) is 4.72 Å². The number of anilines is 1. The summed E-state index contributed by atoms with van der Waals surface area (Å²) in [4.78, 5) is 4.52. The lowest BCUT2D eigenvalue weighted by Gasteiger charge is -2.08. The summed E-state index contributed by atoms with van der Waals surface area (Å²) in [5.41, 5.74) is 7.31. The second-order valence-corrected chi connectivity index (χ2v) is 8.29. The lowest BCUT2D eigenvalue weighted by atomic mass is 10.2. The first-order valence-electron chi connectivity index (χ1n) is 6.46. The van der Waals surface area contributed by atoms with Crippen LogP contribution in [0.1, 0.15) is 30.0 Å². The van der Waals surface area contributed by atoms with E-state index in [1.807, 2.05) is 5.38 Å². The number of nitrogens with two attached hydrogens (primary N) is 1. The summed E-state index contributed by atoms with van der Waals surface area (Å²) in [6, 6.07) is 5.05. The zero-order valence-corrected chi connectivity index (χ0v) is 14.3. The molecule has 112 valence electrons. The molecule has 0 spiro atoms. The minimum atomic E-state index is -3.67. The molecule has 1 saturated carbocycles. The van der Waals surface area contributed by atoms with E-state index in [0.717, 1.165) is 24.1 Å². The number of hydrogen-bond donors (Lipinski definition) is 2. The molecule has 1 heterocycles. The number of nitrogens with zero attached hydrogens (tertiary/aromatic N) is 1. The Morgan fingerprint density at radius 3 is 2.86 bits per heavy atom. The average molecular weight is 388 g/mol. The van der Waals surface area contributed by atoms with Crippen LogP contribution in [0.2, 0.25) is 0 Å². The van der Waals surface area contributed by atoms with E-state index in [0.29, 0.717) is 22.1 Å². The molecular formula is C13H14BrN3O2S2. The van der Waals surface area contributed by atoms with Crippen molar-refractivity contribution < 1.29 is 8.42 Å². The summed E-state index contributed by atoms with van der Waals surface area (Å²) in [5.74, 6) is 0.506. The molecule has 8 heteroatoms. The Morgan fingerprint density at radius 2 is 2.19 bits per heavy atom. The fraction of sp³-hybridized carbons (Fsp3) is 0.308. The lowest BCUT2D eigenvalue weighted by Crippen LogP contribution is -2.14. The Morgan fingerprint density at radius 1 is 1.43 bits per heavy atom. The van der Waals surface area contributed by atoms with Gasteiger partial charge in [-0.05, 0) is 46.5 Å². The highest BCUT2D eigenvalue weighted by atomic mass is 79.9. The SMILES string of the molecule is NCc1ccc(Br)c(S(=O)(=O)Nc2nc(C3CC3)cs2)c1. The van der Waals surface area contributed by atoms with Crippen molar-refractivity contribution in [3.8, 4) is 0 Å². The van der Waals surface area contributed by atoms with Gasteiger partial charge >= 0.3 is 0 Å². The number of hydrogen-bond acceptors (Lipinski definition) is 5. The van der Waals surface area contributed by atoms with E-state index in [4.69, 9.17) is 5.73 Å². The van der Waals surface area contributed by atoms with Gasteiger partial charge in [0.25, 0.3) is 10.0 Å². The van der Waals surface area contributed by atoms with Crippen molar-refractivity contribution in [2.45, 2.75) is 30.2 Å². The number of rotatable bonds is 5. The summed E-state index contributed by atoms with van der Waals surface area (Å²) in [5, 5.41) is 2.32. The molecule has 1 aromatic carbocycles. The molecule has 3 rings (SSSR count). The monoisotopic (exact) mass is 387 g/mol. The number of aromatic nitrogens is 1. The molecule has 1 aliphatic rings. The van der Waals surface area contributed by atoms with Gasteiger partial charge in [0.1, 0.15) is 4.90 Å². The third-order valence-electron chi connectivity index (χ3n) is 3.26. The molecule has 0 unspecified atom stereocenters. The van der Waals surface area contributed by atoms with Crippen LogP contribution in [0.3, 0.4) is 0 Å². The summed E-state index contributed by atoms with van der Waals surface area (Å²) in [6.45, 7) is 0.291. The Labute approximate surface area is 135 Å². The van der Waals surface area contributed by atoms with Crippen molar-refractivity contribution in [1.82, 2.24) is 4.98 Å². The molecule has 1 fully saturated rings. The molecule has 2 aromatic rings. The highest BCUT2D eigenvalue weighted by Crippen LogP contribution is 2.41. The average Bonchev–Trinajstić information content (AvgIpc) is 3.20. The van der Waals surface area contributed by atoms with E-state index < -0.39 is 10.0 Å². The molecule has 0 radical (unpaired) electrons. The van der Waals surface area contributed by atoms with Gasteiger partial charge in [-0.15, -0.1) is 11.3 Å². The van der Waals surface area contributed by atoms with Gasteiger partial charge in [0.15, 0.2) is 5.13 Å². The van der Waals surface area contributed by atoms with Gasteiger partial charge in [-0.2, -0.15) is 0 Å². The predicted molar refractivity (Wildman–Crippen MR) is 86.9 cm³/mol. The number of benzene rings is 1. The van der Waals surface area contributed by atoms with Crippen LogP contribution in [-0.4, -0.2) is 13.4 Å². The molecule has 3 N–H and O–H groups in total. The van der Waals surface area contributed by atoms with Crippen LogP contribution in [0.25, 0.3) is 0 Å². The number of nitrogens with one attached hydrogen (secondary N) is 1. The Hall–Kier alpha value is -0.960. The first-order valence-corrected chi connectivity index (χ1v) is 9.62. The van der Waals surface area contributed by atoms with Crippen LogP contribution in [0.5, 0.6) is 0 Å². The molecule has 0 aliphatic heterocycles. The molecule has 1 aliphatic carbocycles. The topological polar surface area (TPSA) is 85.1 Å². The predicted octanol–water partition coefficient (Wildman–Crippen LogP) is 3.04. The maximum absolute atomic E-state index is 12.5. The smallest absolute Gasteiger partial charge is 0.264 e. The number of sulfonamides is 1. The maximum Gasteiger partial charge on any atom is 0.264 e. The van der Waals surface area contributed by atoms with E-state index in [1.165, 1.54) is 11.3 Å². The maximum atomic E-state index is 12.5. The highest BCUT2D eigenvalue weighted by Gasteiger charge is 2.27. The minimum Gasteiger partial charge on any atom is -0.326 e. The van der Waals surface area contributed by atoms with Crippen molar-refractivity contribution in [2.24, 2.45) is 5.73 Å². The van der Waals surface area contributed by atoms with Gasteiger partial charge in [-0.25, -0.2) is 13.4 Å². The van der Waals surface area contributed by atoms with Gasteiger partial charge in [-0.1, -0.05) is 6.07 Å². The van der Waals surface area contributed by atoms with Gasteiger partial charge in [0.2, 0.25) is 0 Å². The molecular weight excluding hydrogens is 374 g/mol. The molecule has 0 bridgehead atoms. The standard InChI is InChI=1S/C13H14BrN3O2S2/c14-10-4-1-8(6-15)5-12(10)21(18,19)17-13-16-11(7-20-13)9-2-3-9/h1,4-5,7,9H,2-3,6,15H2,(H,16,17). The van der Waals surface area contributed by atoms with Crippen LogP contribution in [0, 0.1) is 0 Å². The van der Waals surface area contributed by atoms with Gasteiger partial charge in [0.05, 0.1) is 5.69 Å². The third kappa shape index (κ3) is 3.28. The van der Waals surface area contributed by atoms with Crippen LogP contribution < -0.4 is 10.5 Å². The quantitative estimate of drug-likeness (QED) is 0.825. The van der Waals surface area contributed by atoms with Gasteiger partial charge < -0.3 is 5.73 Å². The molecule has 21 heavy (non-hydrogen) atoms. The second-order valence-electron chi connectivity index (χ2n) is 4.93. The second kappa shape index (κ2) is 5.68. The Kier molecular flexibility index (Phi) is 4.04. The summed E-state index contributed by atoms with van der Waals surface area (Å²) < 4.78 is 28.0. The molecule has 1 aromatic heterocycles. The van der Waals surface area contributed by atoms with E-state index in [1.54, 1.807) is 18.2 Å². The Balaban J connectivity index is 1.88. The zero-order valence-electron chi connectivity index (χ0n) is 11.0. The zero-order chi connectivity index (χ0) is 15.0. The van der Waals surface area contributed by atoms with Gasteiger partial charge in [0, 0.05) is 22.3 Å². The molecule has 5 nitrogen and oxygen atoms in total. The van der Waals surface area contributed by atoms with Crippen LogP contribution in [0.15, 0.2) is 32.9 Å². The van der Waals surface area contributed by atoms with Crippen molar-refractivity contribution in [3.63, 3.8) is 0 Å². The summed E-state index contributed by atoms with van der Waals surface area (Å²) >= 11 is 4.58.